The SMILES string of the molecule is O=C(Nc1ccccc1Oc1ncc(Cl)cc1Cl)c1cccc(OCc2cccnc2)c1. The van der Waals surface area contributed by atoms with Crippen molar-refractivity contribution in [2.45, 2.75) is 6.61 Å². The summed E-state index contributed by atoms with van der Waals surface area (Å²) in [5.41, 5.74) is 1.83. The van der Waals surface area contributed by atoms with Crippen LogP contribution >= 0.6 is 23.2 Å². The molecule has 0 radical (unpaired) electrons. The predicted molar refractivity (Wildman–Crippen MR) is 124 cm³/mol. The largest absolute Gasteiger partial charge is 0.489 e. The number of aromatic nitrogens is 2. The quantitative estimate of drug-likeness (QED) is 0.341. The highest BCUT2D eigenvalue weighted by molar-refractivity contribution is 6.35. The maximum Gasteiger partial charge on any atom is 0.255 e. The van der Waals surface area contributed by atoms with Crippen LogP contribution in [0.2, 0.25) is 10.0 Å². The second kappa shape index (κ2) is 10.1. The maximum atomic E-state index is 12.9. The van der Waals surface area contributed by atoms with Crippen LogP contribution in [0.3, 0.4) is 0 Å². The number of amides is 1. The van der Waals surface area contributed by atoms with Crippen molar-refractivity contribution in [1.29, 1.82) is 0 Å². The molecule has 0 fully saturated rings. The Morgan fingerprint density at radius 1 is 0.969 bits per heavy atom. The summed E-state index contributed by atoms with van der Waals surface area (Å²) in [6.07, 6.45) is 4.86. The Balaban J connectivity index is 1.47. The molecule has 2 aromatic heterocycles. The zero-order chi connectivity index (χ0) is 22.3. The lowest BCUT2D eigenvalue weighted by atomic mass is 10.2. The summed E-state index contributed by atoms with van der Waals surface area (Å²) < 4.78 is 11.6. The van der Waals surface area contributed by atoms with Gasteiger partial charge in [-0.2, -0.15) is 0 Å². The van der Waals surface area contributed by atoms with E-state index in [0.29, 0.717) is 34.4 Å². The minimum atomic E-state index is -0.317. The van der Waals surface area contributed by atoms with Gasteiger partial charge >= 0.3 is 0 Å². The summed E-state index contributed by atoms with van der Waals surface area (Å²) in [5.74, 6) is 0.830. The summed E-state index contributed by atoms with van der Waals surface area (Å²) in [6.45, 7) is 0.352. The fourth-order valence-electron chi connectivity index (χ4n) is 2.81. The molecule has 0 unspecified atom stereocenters. The molecule has 4 rings (SSSR count). The molecule has 0 aliphatic heterocycles. The van der Waals surface area contributed by atoms with Crippen molar-refractivity contribution in [2.24, 2.45) is 0 Å². The van der Waals surface area contributed by atoms with Gasteiger partial charge in [-0.05, 0) is 42.5 Å². The third-order valence-corrected chi connectivity index (χ3v) is 4.82. The van der Waals surface area contributed by atoms with E-state index in [1.807, 2.05) is 12.1 Å². The number of carbonyl (C=O) groups is 1. The lowest BCUT2D eigenvalue weighted by Gasteiger charge is -2.13. The number of ether oxygens (including phenoxy) is 2. The van der Waals surface area contributed by atoms with Crippen LogP contribution in [0.25, 0.3) is 0 Å². The van der Waals surface area contributed by atoms with Crippen LogP contribution < -0.4 is 14.8 Å². The molecule has 1 N–H and O–H groups in total. The van der Waals surface area contributed by atoms with Gasteiger partial charge in [0.25, 0.3) is 5.91 Å². The summed E-state index contributed by atoms with van der Waals surface area (Å²) in [6, 6.07) is 19.2. The molecule has 0 bridgehead atoms. The lowest BCUT2D eigenvalue weighted by molar-refractivity contribution is 0.102. The number of anilines is 1. The first-order chi connectivity index (χ1) is 15.6. The summed E-state index contributed by atoms with van der Waals surface area (Å²) in [7, 11) is 0. The van der Waals surface area contributed by atoms with E-state index < -0.39 is 0 Å². The maximum absolute atomic E-state index is 12.9. The molecule has 6 nitrogen and oxygen atoms in total. The van der Waals surface area contributed by atoms with Crippen molar-refractivity contribution >= 4 is 34.8 Å². The monoisotopic (exact) mass is 465 g/mol. The smallest absolute Gasteiger partial charge is 0.255 e. The molecule has 0 saturated carbocycles. The van der Waals surface area contributed by atoms with Crippen LogP contribution in [-0.2, 0) is 6.61 Å². The van der Waals surface area contributed by atoms with Crippen molar-refractivity contribution in [3.63, 3.8) is 0 Å². The Labute approximate surface area is 194 Å². The van der Waals surface area contributed by atoms with Gasteiger partial charge in [0, 0.05) is 29.7 Å². The molecule has 8 heteroatoms. The van der Waals surface area contributed by atoms with Crippen LogP contribution in [-0.4, -0.2) is 15.9 Å². The first-order valence-electron chi connectivity index (χ1n) is 9.59. The lowest BCUT2D eigenvalue weighted by Crippen LogP contribution is -2.12. The molecule has 4 aromatic rings. The molecule has 1 amide bonds. The van der Waals surface area contributed by atoms with Gasteiger partial charge in [0.15, 0.2) is 5.75 Å². The van der Waals surface area contributed by atoms with E-state index in [2.05, 4.69) is 15.3 Å². The van der Waals surface area contributed by atoms with E-state index in [1.54, 1.807) is 60.9 Å². The third-order valence-electron chi connectivity index (χ3n) is 4.34. The Kier molecular flexibility index (Phi) is 6.84. The van der Waals surface area contributed by atoms with E-state index in [1.165, 1.54) is 12.3 Å². The van der Waals surface area contributed by atoms with Gasteiger partial charge in [0.2, 0.25) is 5.88 Å². The van der Waals surface area contributed by atoms with Crippen molar-refractivity contribution in [3.8, 4) is 17.4 Å². The Morgan fingerprint density at radius 2 is 1.84 bits per heavy atom. The first kappa shape index (κ1) is 21.6. The zero-order valence-electron chi connectivity index (χ0n) is 16.7. The van der Waals surface area contributed by atoms with Gasteiger partial charge in [0.05, 0.1) is 10.7 Å². The minimum absolute atomic E-state index is 0.184. The average Bonchev–Trinajstić information content (AvgIpc) is 2.81. The summed E-state index contributed by atoms with van der Waals surface area (Å²) >= 11 is 12.0. The highest BCUT2D eigenvalue weighted by atomic mass is 35.5. The van der Waals surface area contributed by atoms with E-state index in [9.17, 15) is 4.79 Å². The highest BCUT2D eigenvalue weighted by Gasteiger charge is 2.13. The minimum Gasteiger partial charge on any atom is -0.489 e. The molecular weight excluding hydrogens is 449 g/mol. The van der Waals surface area contributed by atoms with Crippen LogP contribution in [0, 0.1) is 0 Å². The molecule has 32 heavy (non-hydrogen) atoms. The molecule has 160 valence electrons. The van der Waals surface area contributed by atoms with Crippen molar-refractivity contribution < 1.29 is 14.3 Å². The molecule has 0 saturated heterocycles. The van der Waals surface area contributed by atoms with Gasteiger partial charge in [-0.3, -0.25) is 9.78 Å². The van der Waals surface area contributed by atoms with Gasteiger partial charge < -0.3 is 14.8 Å². The topological polar surface area (TPSA) is 73.3 Å². The Bertz CT molecular complexity index is 1240. The van der Waals surface area contributed by atoms with Crippen LogP contribution in [0.5, 0.6) is 17.4 Å². The second-order valence-corrected chi connectivity index (χ2v) is 7.51. The average molecular weight is 466 g/mol. The van der Waals surface area contributed by atoms with Crippen molar-refractivity contribution in [2.75, 3.05) is 5.32 Å². The Morgan fingerprint density at radius 3 is 2.66 bits per heavy atom. The molecule has 0 aliphatic carbocycles. The van der Waals surface area contributed by atoms with E-state index >= 15 is 0 Å². The third kappa shape index (κ3) is 5.55. The van der Waals surface area contributed by atoms with Crippen molar-refractivity contribution in [1.82, 2.24) is 9.97 Å². The molecule has 0 atom stereocenters. The number of para-hydroxylation sites is 2. The number of rotatable bonds is 7. The molecule has 0 spiro atoms. The fraction of sp³-hybridized carbons (Fsp3) is 0.0417. The van der Waals surface area contributed by atoms with Crippen molar-refractivity contribution in [3.05, 3.63) is 106 Å². The number of benzene rings is 2. The van der Waals surface area contributed by atoms with Gasteiger partial charge in [-0.15, -0.1) is 0 Å². The summed E-state index contributed by atoms with van der Waals surface area (Å²) in [4.78, 5) is 21.0. The van der Waals surface area contributed by atoms with Gasteiger partial charge in [-0.25, -0.2) is 4.98 Å². The number of nitrogens with one attached hydrogen (secondary N) is 1. The van der Waals surface area contributed by atoms with E-state index in [-0.39, 0.29) is 16.8 Å². The van der Waals surface area contributed by atoms with Crippen LogP contribution in [0.4, 0.5) is 5.69 Å². The van der Waals surface area contributed by atoms with E-state index in [4.69, 9.17) is 32.7 Å². The summed E-state index contributed by atoms with van der Waals surface area (Å²) in [5, 5.41) is 3.51. The second-order valence-electron chi connectivity index (χ2n) is 6.67. The molecule has 0 aliphatic rings. The van der Waals surface area contributed by atoms with E-state index in [0.717, 1.165) is 5.56 Å². The zero-order valence-corrected chi connectivity index (χ0v) is 18.2. The normalized spacial score (nSPS) is 10.4. The Hall–Kier alpha value is -3.61. The first-order valence-corrected chi connectivity index (χ1v) is 10.3. The van der Waals surface area contributed by atoms with Crippen LogP contribution in [0.1, 0.15) is 15.9 Å². The predicted octanol–water partition coefficient (Wildman–Crippen LogP) is 6.41. The fourth-order valence-corrected chi connectivity index (χ4v) is 3.23. The number of hydrogen-bond donors (Lipinski definition) is 1. The number of pyridine rings is 2. The number of halogens is 2. The van der Waals surface area contributed by atoms with Gasteiger partial charge in [0.1, 0.15) is 17.4 Å². The van der Waals surface area contributed by atoms with Crippen LogP contribution in [0.15, 0.2) is 85.3 Å². The highest BCUT2D eigenvalue weighted by Crippen LogP contribution is 2.33. The molecule has 2 aromatic carbocycles. The molecular formula is C24H17Cl2N3O3. The van der Waals surface area contributed by atoms with Gasteiger partial charge in [-0.1, -0.05) is 47.5 Å². The molecule has 2 heterocycles. The number of hydrogen-bond acceptors (Lipinski definition) is 5. The number of nitrogens with zero attached hydrogens (tertiary/aromatic N) is 2. The standard InChI is InChI=1S/C24H17Cl2N3O3/c25-18-12-20(26)24(28-14-18)32-22-9-2-1-8-21(22)29-23(30)17-6-3-7-19(11-17)31-15-16-5-4-10-27-13-16/h1-14H,15H2,(H,29,30). The number of carbonyl (C=O) groups excluding carboxylic acids is 1.